The highest BCUT2D eigenvalue weighted by Gasteiger charge is 2.25. The van der Waals surface area contributed by atoms with Crippen LogP contribution in [-0.2, 0) is 14.3 Å². The van der Waals surface area contributed by atoms with E-state index in [1.54, 1.807) is 54.6 Å². The van der Waals surface area contributed by atoms with Gasteiger partial charge in [0, 0.05) is 10.9 Å². The van der Waals surface area contributed by atoms with Crippen molar-refractivity contribution in [3.8, 4) is 0 Å². The average Bonchev–Trinajstić information content (AvgIpc) is 3.46. The van der Waals surface area contributed by atoms with E-state index < -0.39 is 18.5 Å². The first kappa shape index (κ1) is 22.4. The maximum atomic E-state index is 13.2. The first-order chi connectivity index (χ1) is 16.0. The van der Waals surface area contributed by atoms with Gasteiger partial charge in [0.25, 0.3) is 11.8 Å². The lowest BCUT2D eigenvalue weighted by Crippen LogP contribution is -2.28. The number of hydrogen-bond acceptors (Lipinski definition) is 5. The minimum atomic E-state index is -0.684. The second-order valence-electron chi connectivity index (χ2n) is 7.50. The first-order valence-electron chi connectivity index (χ1n) is 10.4. The van der Waals surface area contributed by atoms with Crippen molar-refractivity contribution in [2.24, 2.45) is 0 Å². The third-order valence-corrected chi connectivity index (χ3v) is 5.78. The molecule has 0 radical (unpaired) electrons. The fourth-order valence-electron chi connectivity index (χ4n) is 3.06. The SMILES string of the molecule is O=C(COC(=O)/C(=C/c1ccc(F)cc1)c1cccs1)Nc1ccccc1C(=O)NC1CC1. The van der Waals surface area contributed by atoms with Crippen molar-refractivity contribution < 1.29 is 23.5 Å². The molecule has 0 unspecified atom stereocenters. The number of carbonyl (C=O) groups is 3. The molecule has 3 aromatic rings. The summed E-state index contributed by atoms with van der Waals surface area (Å²) in [6.07, 6.45) is 3.49. The number of rotatable bonds is 8. The lowest BCUT2D eigenvalue weighted by Gasteiger charge is -2.12. The second-order valence-corrected chi connectivity index (χ2v) is 8.45. The molecule has 1 aliphatic rings. The quantitative estimate of drug-likeness (QED) is 0.380. The van der Waals surface area contributed by atoms with E-state index in [0.29, 0.717) is 21.7 Å². The molecule has 8 heteroatoms. The monoisotopic (exact) mass is 464 g/mol. The number of anilines is 1. The number of thiophene rings is 1. The van der Waals surface area contributed by atoms with Gasteiger partial charge < -0.3 is 15.4 Å². The van der Waals surface area contributed by atoms with Gasteiger partial charge in [-0.3, -0.25) is 9.59 Å². The third kappa shape index (κ3) is 6.14. The smallest absolute Gasteiger partial charge is 0.340 e. The Labute approximate surface area is 194 Å². The van der Waals surface area contributed by atoms with Gasteiger partial charge in [-0.05, 0) is 60.2 Å². The zero-order valence-electron chi connectivity index (χ0n) is 17.5. The molecule has 33 heavy (non-hydrogen) atoms. The van der Waals surface area contributed by atoms with Crippen LogP contribution in [-0.4, -0.2) is 30.4 Å². The predicted molar refractivity (Wildman–Crippen MR) is 125 cm³/mol. The Balaban J connectivity index is 1.42. The maximum Gasteiger partial charge on any atom is 0.340 e. The van der Waals surface area contributed by atoms with E-state index in [-0.39, 0.29) is 23.3 Å². The zero-order chi connectivity index (χ0) is 23.2. The van der Waals surface area contributed by atoms with Crippen LogP contribution in [0.3, 0.4) is 0 Å². The van der Waals surface area contributed by atoms with Gasteiger partial charge >= 0.3 is 5.97 Å². The lowest BCUT2D eigenvalue weighted by atomic mass is 10.1. The van der Waals surface area contributed by atoms with Crippen LogP contribution in [0.5, 0.6) is 0 Å². The molecular formula is C25H21FN2O4S. The molecule has 2 amide bonds. The number of nitrogens with one attached hydrogen (secondary N) is 2. The Morgan fingerprint density at radius 2 is 1.79 bits per heavy atom. The average molecular weight is 465 g/mol. The number of esters is 1. The van der Waals surface area contributed by atoms with Crippen LogP contribution in [0.15, 0.2) is 66.0 Å². The van der Waals surface area contributed by atoms with E-state index in [9.17, 15) is 18.8 Å². The van der Waals surface area contributed by atoms with Crippen molar-refractivity contribution in [2.45, 2.75) is 18.9 Å². The van der Waals surface area contributed by atoms with E-state index in [1.165, 1.54) is 23.5 Å². The van der Waals surface area contributed by atoms with Crippen molar-refractivity contribution in [1.29, 1.82) is 0 Å². The largest absolute Gasteiger partial charge is 0.452 e. The van der Waals surface area contributed by atoms with Crippen LogP contribution in [0.25, 0.3) is 11.6 Å². The summed E-state index contributed by atoms with van der Waals surface area (Å²) in [6.45, 7) is -0.524. The van der Waals surface area contributed by atoms with Crippen molar-refractivity contribution in [2.75, 3.05) is 11.9 Å². The fourth-order valence-corrected chi connectivity index (χ4v) is 3.79. The number of carbonyl (C=O) groups excluding carboxylic acids is 3. The van der Waals surface area contributed by atoms with Gasteiger partial charge in [-0.1, -0.05) is 30.3 Å². The summed E-state index contributed by atoms with van der Waals surface area (Å²) in [5.41, 5.74) is 1.57. The van der Waals surface area contributed by atoms with E-state index in [0.717, 1.165) is 12.8 Å². The third-order valence-electron chi connectivity index (χ3n) is 4.88. The number of amides is 2. The van der Waals surface area contributed by atoms with Gasteiger partial charge in [-0.2, -0.15) is 0 Å². The number of ether oxygens (including phenoxy) is 1. The minimum Gasteiger partial charge on any atom is -0.452 e. The Kier molecular flexibility index (Phi) is 6.95. The summed E-state index contributed by atoms with van der Waals surface area (Å²) in [4.78, 5) is 38.3. The van der Waals surface area contributed by atoms with Gasteiger partial charge in [0.05, 0.1) is 16.8 Å². The Morgan fingerprint density at radius 3 is 2.48 bits per heavy atom. The molecule has 0 aliphatic heterocycles. The second kappa shape index (κ2) is 10.2. The van der Waals surface area contributed by atoms with Crippen LogP contribution < -0.4 is 10.6 Å². The topological polar surface area (TPSA) is 84.5 Å². The number of benzene rings is 2. The zero-order valence-corrected chi connectivity index (χ0v) is 18.4. The molecule has 6 nitrogen and oxygen atoms in total. The molecule has 0 bridgehead atoms. The molecule has 2 aromatic carbocycles. The molecule has 0 saturated heterocycles. The predicted octanol–water partition coefficient (Wildman–Crippen LogP) is 4.50. The molecule has 1 heterocycles. The molecule has 1 fully saturated rings. The van der Waals surface area contributed by atoms with E-state index in [4.69, 9.17) is 4.74 Å². The lowest BCUT2D eigenvalue weighted by molar-refractivity contribution is -0.141. The summed E-state index contributed by atoms with van der Waals surface area (Å²) in [5.74, 6) is -1.89. The Bertz CT molecular complexity index is 1190. The summed E-state index contributed by atoms with van der Waals surface area (Å²) < 4.78 is 18.5. The van der Waals surface area contributed by atoms with E-state index in [1.807, 2.05) is 5.38 Å². The first-order valence-corrected chi connectivity index (χ1v) is 11.3. The van der Waals surface area contributed by atoms with Gasteiger partial charge in [0.1, 0.15) is 5.82 Å². The van der Waals surface area contributed by atoms with Crippen LogP contribution in [0.1, 0.15) is 33.6 Å². The minimum absolute atomic E-state index is 0.186. The molecule has 0 spiro atoms. The van der Waals surface area contributed by atoms with Crippen molar-refractivity contribution in [3.63, 3.8) is 0 Å². The highest BCUT2D eigenvalue weighted by Crippen LogP contribution is 2.25. The highest BCUT2D eigenvalue weighted by molar-refractivity contribution is 7.11. The summed E-state index contributed by atoms with van der Waals surface area (Å²) in [6, 6.07) is 16.1. The molecule has 1 aliphatic carbocycles. The van der Waals surface area contributed by atoms with E-state index >= 15 is 0 Å². The van der Waals surface area contributed by atoms with Gasteiger partial charge in [-0.25, -0.2) is 9.18 Å². The van der Waals surface area contributed by atoms with E-state index in [2.05, 4.69) is 10.6 Å². The Hall–Kier alpha value is -3.78. The van der Waals surface area contributed by atoms with Crippen molar-refractivity contribution >= 4 is 46.5 Å². The molecule has 0 atom stereocenters. The highest BCUT2D eigenvalue weighted by atomic mass is 32.1. The molecule has 4 rings (SSSR count). The summed E-state index contributed by atoms with van der Waals surface area (Å²) in [5, 5.41) is 7.34. The Morgan fingerprint density at radius 1 is 1.03 bits per heavy atom. The normalized spacial score (nSPS) is 13.3. The molecule has 2 N–H and O–H groups in total. The van der Waals surface area contributed by atoms with Crippen LogP contribution in [0, 0.1) is 5.82 Å². The maximum absolute atomic E-state index is 13.2. The number of hydrogen-bond donors (Lipinski definition) is 2. The molecular weight excluding hydrogens is 443 g/mol. The standard InChI is InChI=1S/C25H21FN2O4S/c26-17-9-7-16(8-10-17)14-20(22-6-3-13-33-22)25(31)32-15-23(29)28-21-5-2-1-4-19(21)24(30)27-18-11-12-18/h1-10,13-14,18H,11-12,15H2,(H,27,30)(H,28,29)/b20-14+. The van der Waals surface area contributed by atoms with Crippen molar-refractivity contribution in [1.82, 2.24) is 5.32 Å². The van der Waals surface area contributed by atoms with Crippen LogP contribution >= 0.6 is 11.3 Å². The fraction of sp³-hybridized carbons (Fsp3) is 0.160. The van der Waals surface area contributed by atoms with Crippen LogP contribution in [0.4, 0.5) is 10.1 Å². The number of halogens is 1. The molecule has 1 saturated carbocycles. The molecule has 168 valence electrons. The van der Waals surface area contributed by atoms with Gasteiger partial charge in [0.15, 0.2) is 6.61 Å². The van der Waals surface area contributed by atoms with Crippen LogP contribution in [0.2, 0.25) is 0 Å². The number of para-hydroxylation sites is 1. The summed E-state index contributed by atoms with van der Waals surface area (Å²) >= 11 is 1.35. The molecule has 1 aromatic heterocycles. The van der Waals surface area contributed by atoms with Crippen molar-refractivity contribution in [3.05, 3.63) is 87.9 Å². The van der Waals surface area contributed by atoms with Gasteiger partial charge in [0.2, 0.25) is 0 Å². The van der Waals surface area contributed by atoms with Gasteiger partial charge in [-0.15, -0.1) is 11.3 Å². The summed E-state index contributed by atoms with van der Waals surface area (Å²) in [7, 11) is 0.